The van der Waals surface area contributed by atoms with Crippen molar-refractivity contribution in [3.63, 3.8) is 0 Å². The normalized spacial score (nSPS) is 11.2. The molecule has 8 nitrogen and oxygen atoms in total. The highest BCUT2D eigenvalue weighted by atomic mass is 79.9. The third kappa shape index (κ3) is 4.73. The van der Waals surface area contributed by atoms with Crippen molar-refractivity contribution in [2.75, 3.05) is 13.1 Å². The van der Waals surface area contributed by atoms with Crippen molar-refractivity contribution < 1.29 is 14.0 Å². The van der Waals surface area contributed by atoms with Gasteiger partial charge in [-0.1, -0.05) is 27.7 Å². The molecule has 0 saturated carbocycles. The summed E-state index contributed by atoms with van der Waals surface area (Å²) >= 11 is 3.35. The molecule has 0 aromatic carbocycles. The van der Waals surface area contributed by atoms with Crippen molar-refractivity contribution in [2.24, 2.45) is 0 Å². The Morgan fingerprint density at radius 1 is 1.23 bits per heavy atom. The molecule has 142 valence electrons. The number of amides is 2. The van der Waals surface area contributed by atoms with Crippen molar-refractivity contribution >= 4 is 27.7 Å². The van der Waals surface area contributed by atoms with Crippen LogP contribution in [0.5, 0.6) is 0 Å². The van der Waals surface area contributed by atoms with Crippen LogP contribution in [0.4, 0.5) is 0 Å². The number of furan rings is 1. The lowest BCUT2D eigenvalue weighted by molar-refractivity contribution is 0.0826. The summed E-state index contributed by atoms with van der Waals surface area (Å²) in [5.41, 5.74) is 5.67. The lowest BCUT2D eigenvalue weighted by Gasteiger charge is -2.15. The second-order valence-electron chi connectivity index (χ2n) is 6.09. The van der Waals surface area contributed by atoms with Gasteiger partial charge in [0.15, 0.2) is 11.5 Å². The van der Waals surface area contributed by atoms with E-state index >= 15 is 0 Å². The summed E-state index contributed by atoms with van der Waals surface area (Å²) in [6.07, 6.45) is 0. The molecule has 3 N–H and O–H groups in total. The van der Waals surface area contributed by atoms with E-state index in [4.69, 9.17) is 4.42 Å². The van der Waals surface area contributed by atoms with Gasteiger partial charge in [-0.05, 0) is 47.1 Å². The molecule has 2 aromatic rings. The maximum atomic E-state index is 12.2. The van der Waals surface area contributed by atoms with Crippen LogP contribution in [0.15, 0.2) is 21.0 Å². The molecule has 9 heteroatoms. The molecule has 0 saturated heterocycles. The van der Waals surface area contributed by atoms with Gasteiger partial charge < -0.3 is 4.42 Å². The van der Waals surface area contributed by atoms with E-state index in [-0.39, 0.29) is 17.4 Å². The van der Waals surface area contributed by atoms with Gasteiger partial charge in [0.05, 0.1) is 16.7 Å². The average molecular weight is 426 g/mol. The van der Waals surface area contributed by atoms with E-state index in [0.717, 1.165) is 18.8 Å². The second-order valence-corrected chi connectivity index (χ2v) is 6.88. The molecular weight excluding hydrogens is 402 g/mol. The smallest absolute Gasteiger partial charge is 0.305 e. The summed E-state index contributed by atoms with van der Waals surface area (Å²) in [7, 11) is 0. The predicted molar refractivity (Wildman–Crippen MR) is 101 cm³/mol. The zero-order valence-electron chi connectivity index (χ0n) is 15.4. The maximum Gasteiger partial charge on any atom is 0.305 e. The molecule has 0 spiro atoms. The molecule has 0 aliphatic heterocycles. The molecule has 2 rings (SSSR count). The van der Waals surface area contributed by atoms with Crippen LogP contribution in [0.3, 0.4) is 0 Å². The zero-order valence-corrected chi connectivity index (χ0v) is 16.9. The summed E-state index contributed by atoms with van der Waals surface area (Å²) in [5.74, 6) is -0.0400. The van der Waals surface area contributed by atoms with E-state index in [1.165, 1.54) is 0 Å². The minimum Gasteiger partial charge on any atom is -0.454 e. The maximum absolute atomic E-state index is 12.2. The van der Waals surface area contributed by atoms with Gasteiger partial charge in [0, 0.05) is 0 Å². The largest absolute Gasteiger partial charge is 0.454 e. The average Bonchev–Trinajstić information content (AvgIpc) is 3.23. The number of nitrogens with zero attached hydrogens (tertiary/aromatic N) is 2. The summed E-state index contributed by atoms with van der Waals surface area (Å²) in [6, 6.07) is 3.34. The molecule has 26 heavy (non-hydrogen) atoms. The zero-order chi connectivity index (χ0) is 19.3. The topological polar surface area (TPSA) is 103 Å². The van der Waals surface area contributed by atoms with E-state index in [0.29, 0.717) is 16.8 Å². The number of aromatic amines is 1. The number of rotatable bonds is 7. The Morgan fingerprint density at radius 2 is 1.88 bits per heavy atom. The number of hydrazine groups is 1. The number of aromatic nitrogens is 2. The summed E-state index contributed by atoms with van der Waals surface area (Å²) < 4.78 is 6.12. The van der Waals surface area contributed by atoms with E-state index in [9.17, 15) is 9.59 Å². The summed E-state index contributed by atoms with van der Waals surface area (Å²) in [6.45, 7) is 10.5. The Hall–Kier alpha value is -2.13. The third-order valence-electron chi connectivity index (χ3n) is 3.97. The first-order valence-electron chi connectivity index (χ1n) is 8.52. The Bertz CT molecular complexity index is 764. The van der Waals surface area contributed by atoms with Crippen LogP contribution in [0.2, 0.25) is 0 Å². The van der Waals surface area contributed by atoms with Crippen LogP contribution in [-0.2, 0) is 6.54 Å². The Kier molecular flexibility index (Phi) is 6.98. The van der Waals surface area contributed by atoms with Gasteiger partial charge >= 0.3 is 5.91 Å². The van der Waals surface area contributed by atoms with Crippen molar-refractivity contribution in [1.82, 2.24) is 25.9 Å². The number of H-pyrrole nitrogens is 1. The second kappa shape index (κ2) is 9.00. The lowest BCUT2D eigenvalue weighted by Crippen LogP contribution is -2.41. The predicted octanol–water partition coefficient (Wildman–Crippen LogP) is 2.81. The third-order valence-corrected chi connectivity index (χ3v) is 4.78. The van der Waals surface area contributed by atoms with Crippen LogP contribution < -0.4 is 10.9 Å². The van der Waals surface area contributed by atoms with Crippen LogP contribution in [0, 0.1) is 0 Å². The van der Waals surface area contributed by atoms with Gasteiger partial charge in [0.2, 0.25) is 0 Å². The fourth-order valence-electron chi connectivity index (χ4n) is 2.36. The van der Waals surface area contributed by atoms with Gasteiger partial charge in [-0.3, -0.25) is 30.4 Å². The number of carbonyl (C=O) groups excluding carboxylic acids is 2. The van der Waals surface area contributed by atoms with E-state index in [2.05, 4.69) is 55.7 Å². The number of carbonyl (C=O) groups is 2. The molecule has 2 amide bonds. The number of halogens is 1. The van der Waals surface area contributed by atoms with E-state index in [1.54, 1.807) is 12.1 Å². The van der Waals surface area contributed by atoms with E-state index in [1.807, 2.05) is 13.8 Å². The van der Waals surface area contributed by atoms with Crippen LogP contribution in [-0.4, -0.2) is 40.0 Å². The van der Waals surface area contributed by atoms with Gasteiger partial charge in [0.25, 0.3) is 5.91 Å². The van der Waals surface area contributed by atoms with Crippen LogP contribution >= 0.6 is 15.9 Å². The Labute approximate surface area is 160 Å². The van der Waals surface area contributed by atoms with Crippen LogP contribution in [0.1, 0.15) is 66.1 Å². The Balaban J connectivity index is 1.94. The SMILES string of the molecule is CCN(CC)Cc1ccc(C(=O)NNC(=O)c2n[nH]c(C(C)C)c2Br)o1. The van der Waals surface area contributed by atoms with Gasteiger partial charge in [-0.15, -0.1) is 0 Å². The highest BCUT2D eigenvalue weighted by Gasteiger charge is 2.20. The fourth-order valence-corrected chi connectivity index (χ4v) is 3.18. The Morgan fingerprint density at radius 3 is 2.46 bits per heavy atom. The van der Waals surface area contributed by atoms with Crippen molar-refractivity contribution in [3.8, 4) is 0 Å². The molecule has 2 aromatic heterocycles. The molecule has 0 unspecified atom stereocenters. The fraction of sp³-hybridized carbons (Fsp3) is 0.471. The quantitative estimate of drug-likeness (QED) is 0.591. The van der Waals surface area contributed by atoms with Gasteiger partial charge in [-0.2, -0.15) is 5.10 Å². The standard InChI is InChI=1S/C17H24BrN5O3/c1-5-23(6-2)9-11-7-8-12(26-11)16(24)21-22-17(25)15-13(18)14(10(3)4)19-20-15/h7-8,10H,5-6,9H2,1-4H3,(H,19,20)(H,21,24)(H,22,25). The molecule has 0 fully saturated rings. The highest BCUT2D eigenvalue weighted by molar-refractivity contribution is 9.10. The first kappa shape index (κ1) is 20.2. The molecular formula is C17H24BrN5O3. The number of hydrogen-bond donors (Lipinski definition) is 3. The van der Waals surface area contributed by atoms with Gasteiger partial charge in [0.1, 0.15) is 5.76 Å². The first-order chi connectivity index (χ1) is 12.4. The molecule has 0 atom stereocenters. The van der Waals surface area contributed by atoms with Crippen molar-refractivity contribution in [3.05, 3.63) is 39.5 Å². The van der Waals surface area contributed by atoms with Crippen LogP contribution in [0.25, 0.3) is 0 Å². The monoisotopic (exact) mass is 425 g/mol. The van der Waals surface area contributed by atoms with Crippen molar-refractivity contribution in [2.45, 2.75) is 40.2 Å². The highest BCUT2D eigenvalue weighted by Crippen LogP contribution is 2.25. The van der Waals surface area contributed by atoms with Crippen molar-refractivity contribution in [1.29, 1.82) is 0 Å². The summed E-state index contributed by atoms with van der Waals surface area (Å²) in [4.78, 5) is 26.5. The molecule has 0 aliphatic rings. The summed E-state index contributed by atoms with van der Waals surface area (Å²) in [5, 5.41) is 6.79. The number of hydrogen-bond acceptors (Lipinski definition) is 5. The minimum absolute atomic E-state index is 0.136. The minimum atomic E-state index is -0.528. The molecule has 0 bridgehead atoms. The molecule has 0 aliphatic carbocycles. The molecule has 0 radical (unpaired) electrons. The molecule has 2 heterocycles. The number of nitrogens with one attached hydrogen (secondary N) is 3. The lowest BCUT2D eigenvalue weighted by atomic mass is 10.1. The van der Waals surface area contributed by atoms with E-state index < -0.39 is 11.8 Å². The first-order valence-corrected chi connectivity index (χ1v) is 9.32. The van der Waals surface area contributed by atoms with Gasteiger partial charge in [-0.25, -0.2) is 0 Å².